The first-order valence-corrected chi connectivity index (χ1v) is 5.08. The minimum absolute atomic E-state index is 0.292. The van der Waals surface area contributed by atoms with Crippen LogP contribution in [0.4, 0.5) is 0 Å². The lowest BCUT2D eigenvalue weighted by Gasteiger charge is -2.35. The van der Waals surface area contributed by atoms with Crippen LogP contribution in [-0.2, 0) is 9.47 Å². The Morgan fingerprint density at radius 2 is 2.00 bits per heavy atom. The summed E-state index contributed by atoms with van der Waals surface area (Å²) in [4.78, 5) is 25.5. The minimum atomic E-state index is -0.651. The van der Waals surface area contributed by atoms with Crippen LogP contribution in [0.3, 0.4) is 0 Å². The zero-order valence-corrected chi connectivity index (χ0v) is 9.23. The standard InChI is InChI=1S/C10H14N2O4/c1-10(2)15-5-7(6-16-10)12-8(13)3-4-11-9(12)14/h3-4,7H,5-6H2,1-2H3,(H,11,14). The van der Waals surface area contributed by atoms with Gasteiger partial charge in [-0.05, 0) is 13.8 Å². The van der Waals surface area contributed by atoms with Crippen molar-refractivity contribution in [1.29, 1.82) is 0 Å². The molecule has 0 atom stereocenters. The molecule has 0 unspecified atom stereocenters. The number of nitrogens with one attached hydrogen (secondary N) is 1. The van der Waals surface area contributed by atoms with Crippen molar-refractivity contribution < 1.29 is 9.47 Å². The number of hydrogen-bond donors (Lipinski definition) is 1. The largest absolute Gasteiger partial charge is 0.348 e. The van der Waals surface area contributed by atoms with E-state index in [1.165, 1.54) is 12.3 Å². The molecule has 0 bridgehead atoms. The Balaban J connectivity index is 2.27. The van der Waals surface area contributed by atoms with Crippen LogP contribution >= 0.6 is 0 Å². The molecule has 0 aliphatic carbocycles. The first kappa shape index (κ1) is 11.1. The molecule has 1 aliphatic heterocycles. The van der Waals surface area contributed by atoms with Gasteiger partial charge in [0.2, 0.25) is 0 Å². The minimum Gasteiger partial charge on any atom is -0.348 e. The molecule has 1 aliphatic rings. The van der Waals surface area contributed by atoms with Crippen molar-refractivity contribution in [2.45, 2.75) is 25.7 Å². The van der Waals surface area contributed by atoms with Gasteiger partial charge in [-0.2, -0.15) is 0 Å². The maximum absolute atomic E-state index is 11.5. The number of aromatic nitrogens is 2. The smallest absolute Gasteiger partial charge is 0.328 e. The van der Waals surface area contributed by atoms with Gasteiger partial charge < -0.3 is 14.5 Å². The summed E-state index contributed by atoms with van der Waals surface area (Å²) < 4.78 is 11.9. The topological polar surface area (TPSA) is 73.3 Å². The monoisotopic (exact) mass is 226 g/mol. The van der Waals surface area contributed by atoms with Crippen molar-refractivity contribution in [2.75, 3.05) is 13.2 Å². The Labute approximate surface area is 91.8 Å². The number of rotatable bonds is 1. The quantitative estimate of drug-likeness (QED) is 0.723. The van der Waals surface area contributed by atoms with E-state index in [2.05, 4.69) is 4.98 Å². The van der Waals surface area contributed by atoms with Gasteiger partial charge in [0.15, 0.2) is 5.79 Å². The Hall–Kier alpha value is -1.40. The Morgan fingerprint density at radius 1 is 1.38 bits per heavy atom. The summed E-state index contributed by atoms with van der Waals surface area (Å²) in [6, 6.07) is 0.937. The average molecular weight is 226 g/mol. The number of nitrogens with zero attached hydrogens (tertiary/aromatic N) is 1. The van der Waals surface area contributed by atoms with Crippen LogP contribution in [0.25, 0.3) is 0 Å². The van der Waals surface area contributed by atoms with Crippen molar-refractivity contribution in [3.8, 4) is 0 Å². The molecule has 6 heteroatoms. The zero-order chi connectivity index (χ0) is 11.8. The molecule has 0 radical (unpaired) electrons. The van der Waals surface area contributed by atoms with Crippen molar-refractivity contribution in [3.63, 3.8) is 0 Å². The Kier molecular flexibility index (Phi) is 2.69. The molecule has 88 valence electrons. The summed E-state index contributed by atoms with van der Waals surface area (Å²) in [5.41, 5.74) is -0.787. The van der Waals surface area contributed by atoms with Crippen molar-refractivity contribution in [2.24, 2.45) is 0 Å². The summed E-state index contributed by atoms with van der Waals surface area (Å²) in [5, 5.41) is 0. The van der Waals surface area contributed by atoms with Gasteiger partial charge in [0.25, 0.3) is 5.56 Å². The highest BCUT2D eigenvalue weighted by Crippen LogP contribution is 2.21. The molecule has 1 aromatic rings. The van der Waals surface area contributed by atoms with E-state index in [4.69, 9.17) is 9.47 Å². The van der Waals surface area contributed by atoms with Gasteiger partial charge in [0.05, 0.1) is 19.3 Å². The number of aromatic amines is 1. The molecule has 1 N–H and O–H groups in total. The third kappa shape index (κ3) is 2.07. The van der Waals surface area contributed by atoms with Crippen molar-refractivity contribution in [3.05, 3.63) is 33.1 Å². The summed E-state index contributed by atoms with van der Waals surface area (Å²) in [7, 11) is 0. The fraction of sp³-hybridized carbons (Fsp3) is 0.600. The first-order valence-electron chi connectivity index (χ1n) is 5.08. The van der Waals surface area contributed by atoms with Crippen LogP contribution in [0.15, 0.2) is 21.9 Å². The van der Waals surface area contributed by atoms with Gasteiger partial charge in [-0.1, -0.05) is 0 Å². The van der Waals surface area contributed by atoms with Crippen LogP contribution in [-0.4, -0.2) is 28.6 Å². The van der Waals surface area contributed by atoms with Gasteiger partial charge in [-0.3, -0.25) is 9.36 Å². The van der Waals surface area contributed by atoms with Crippen LogP contribution in [0, 0.1) is 0 Å². The predicted molar refractivity (Wildman–Crippen MR) is 56.3 cm³/mol. The van der Waals surface area contributed by atoms with Crippen LogP contribution in [0.1, 0.15) is 19.9 Å². The fourth-order valence-electron chi connectivity index (χ4n) is 1.61. The van der Waals surface area contributed by atoms with E-state index in [1.54, 1.807) is 13.8 Å². The van der Waals surface area contributed by atoms with E-state index in [-0.39, 0.29) is 11.6 Å². The second kappa shape index (κ2) is 3.88. The maximum Gasteiger partial charge on any atom is 0.328 e. The molecule has 6 nitrogen and oxygen atoms in total. The van der Waals surface area contributed by atoms with E-state index in [9.17, 15) is 9.59 Å². The molecule has 1 saturated heterocycles. The van der Waals surface area contributed by atoms with Gasteiger partial charge in [0.1, 0.15) is 0 Å². The summed E-state index contributed by atoms with van der Waals surface area (Å²) >= 11 is 0. The molecule has 0 aromatic carbocycles. The predicted octanol–water partition coefficient (Wildman–Crippen LogP) is -0.139. The Bertz CT molecular complexity index is 450. The van der Waals surface area contributed by atoms with Gasteiger partial charge in [0, 0.05) is 12.3 Å². The zero-order valence-electron chi connectivity index (χ0n) is 9.23. The SMILES string of the molecule is CC1(C)OCC(n2c(=O)cc[nH]c2=O)CO1. The average Bonchev–Trinajstić information content (AvgIpc) is 2.20. The molecular formula is C10H14N2O4. The summed E-state index contributed by atoms with van der Waals surface area (Å²) in [6.45, 7) is 4.17. The second-order valence-corrected chi connectivity index (χ2v) is 4.17. The third-order valence-corrected chi connectivity index (χ3v) is 2.50. The Morgan fingerprint density at radius 3 is 2.56 bits per heavy atom. The van der Waals surface area contributed by atoms with E-state index >= 15 is 0 Å². The highest BCUT2D eigenvalue weighted by molar-refractivity contribution is 4.87. The summed E-state index contributed by atoms with van der Waals surface area (Å²) in [6.07, 6.45) is 1.33. The molecule has 0 saturated carbocycles. The van der Waals surface area contributed by atoms with E-state index in [0.29, 0.717) is 13.2 Å². The molecular weight excluding hydrogens is 212 g/mol. The van der Waals surface area contributed by atoms with Crippen molar-refractivity contribution in [1.82, 2.24) is 9.55 Å². The fourth-order valence-corrected chi connectivity index (χ4v) is 1.61. The lowest BCUT2D eigenvalue weighted by Crippen LogP contribution is -2.47. The van der Waals surface area contributed by atoms with Gasteiger partial charge in [-0.15, -0.1) is 0 Å². The van der Waals surface area contributed by atoms with Crippen LogP contribution in [0.5, 0.6) is 0 Å². The number of hydrogen-bond acceptors (Lipinski definition) is 4. The maximum atomic E-state index is 11.5. The van der Waals surface area contributed by atoms with E-state index in [1.807, 2.05) is 0 Å². The molecule has 2 heterocycles. The van der Waals surface area contributed by atoms with Crippen LogP contribution in [0.2, 0.25) is 0 Å². The normalized spacial score (nSPS) is 20.9. The first-order chi connectivity index (χ1) is 7.49. The van der Waals surface area contributed by atoms with Crippen LogP contribution < -0.4 is 11.2 Å². The highest BCUT2D eigenvalue weighted by atomic mass is 16.7. The van der Waals surface area contributed by atoms with Gasteiger partial charge in [-0.25, -0.2) is 4.79 Å². The number of ether oxygens (including phenoxy) is 2. The number of H-pyrrole nitrogens is 1. The van der Waals surface area contributed by atoms with Gasteiger partial charge >= 0.3 is 5.69 Å². The molecule has 0 amide bonds. The van der Waals surface area contributed by atoms with Crippen molar-refractivity contribution >= 4 is 0 Å². The molecule has 16 heavy (non-hydrogen) atoms. The molecule has 2 rings (SSSR count). The van der Waals surface area contributed by atoms with E-state index < -0.39 is 11.5 Å². The third-order valence-electron chi connectivity index (χ3n) is 2.50. The summed E-state index contributed by atoms with van der Waals surface area (Å²) in [5.74, 6) is -0.651. The lowest BCUT2D eigenvalue weighted by atomic mass is 10.2. The molecule has 1 fully saturated rings. The molecule has 0 spiro atoms. The second-order valence-electron chi connectivity index (χ2n) is 4.17. The van der Waals surface area contributed by atoms with E-state index in [0.717, 1.165) is 4.57 Å². The highest BCUT2D eigenvalue weighted by Gasteiger charge is 2.30. The molecule has 1 aromatic heterocycles. The lowest BCUT2D eigenvalue weighted by molar-refractivity contribution is -0.259.